The monoisotopic (exact) mass is 286 g/mol. The Kier molecular flexibility index (Phi) is 4.56. The van der Waals surface area contributed by atoms with Gasteiger partial charge in [0.05, 0.1) is 19.1 Å². The molecule has 0 atom stereocenters. The molecule has 5 nitrogen and oxygen atoms in total. The number of carboxylic acids is 1. The molecule has 0 spiro atoms. The molecule has 0 aliphatic heterocycles. The Bertz CT molecular complexity index is 629. The minimum atomic E-state index is -1.02. The van der Waals surface area contributed by atoms with Crippen LogP contribution in [0, 0.1) is 0 Å². The Morgan fingerprint density at radius 1 is 0.952 bits per heavy atom. The normalized spacial score (nSPS) is 9.95. The van der Waals surface area contributed by atoms with Gasteiger partial charge in [-0.2, -0.15) is 0 Å². The summed E-state index contributed by atoms with van der Waals surface area (Å²) in [5.74, 6) is -0.399. The molecule has 108 valence electrons. The Balaban J connectivity index is 1.95. The Morgan fingerprint density at radius 2 is 1.52 bits per heavy atom. The van der Waals surface area contributed by atoms with Crippen molar-refractivity contribution < 1.29 is 24.2 Å². The van der Waals surface area contributed by atoms with Gasteiger partial charge in [0.2, 0.25) is 0 Å². The van der Waals surface area contributed by atoms with E-state index in [0.29, 0.717) is 5.75 Å². The molecule has 21 heavy (non-hydrogen) atoms. The van der Waals surface area contributed by atoms with Gasteiger partial charge < -0.3 is 14.6 Å². The van der Waals surface area contributed by atoms with Gasteiger partial charge in [0, 0.05) is 0 Å². The van der Waals surface area contributed by atoms with Gasteiger partial charge in [-0.1, -0.05) is 12.1 Å². The molecular formula is C16H14O5. The van der Waals surface area contributed by atoms with E-state index < -0.39 is 11.9 Å². The van der Waals surface area contributed by atoms with Crippen molar-refractivity contribution in [2.24, 2.45) is 0 Å². The number of carbonyl (C=O) groups is 2. The van der Waals surface area contributed by atoms with Gasteiger partial charge in [0.1, 0.15) is 11.5 Å². The average Bonchev–Trinajstić information content (AvgIpc) is 2.48. The third kappa shape index (κ3) is 4.07. The fraction of sp³-hybridized carbons (Fsp3) is 0.125. The van der Waals surface area contributed by atoms with Crippen LogP contribution in [0.25, 0.3) is 0 Å². The van der Waals surface area contributed by atoms with Crippen LogP contribution in [0.2, 0.25) is 0 Å². The lowest BCUT2D eigenvalue weighted by Crippen LogP contribution is -2.11. The third-order valence-corrected chi connectivity index (χ3v) is 2.84. The van der Waals surface area contributed by atoms with Crippen molar-refractivity contribution >= 4 is 11.9 Å². The second kappa shape index (κ2) is 6.56. The van der Waals surface area contributed by atoms with Gasteiger partial charge in [-0.15, -0.1) is 0 Å². The summed E-state index contributed by atoms with van der Waals surface area (Å²) in [5.41, 5.74) is 0.952. The molecule has 2 aromatic carbocycles. The predicted molar refractivity (Wildman–Crippen MR) is 75.7 cm³/mol. The number of carbonyl (C=O) groups excluding carboxylic acids is 1. The molecule has 0 heterocycles. The van der Waals surface area contributed by atoms with Crippen molar-refractivity contribution in [2.45, 2.75) is 6.42 Å². The van der Waals surface area contributed by atoms with E-state index in [-0.39, 0.29) is 12.0 Å². The maximum atomic E-state index is 11.8. The summed E-state index contributed by atoms with van der Waals surface area (Å²) in [6.07, 6.45) is 0.130. The van der Waals surface area contributed by atoms with Crippen molar-refractivity contribution in [1.29, 1.82) is 0 Å². The molecule has 0 radical (unpaired) electrons. The number of hydrogen-bond donors (Lipinski definition) is 1. The molecule has 0 saturated heterocycles. The summed E-state index contributed by atoms with van der Waals surface area (Å²) in [7, 11) is 1.57. The number of carboxylic acid groups (broad SMARTS) is 1. The molecule has 0 amide bonds. The minimum absolute atomic E-state index is 0.130. The molecule has 5 heteroatoms. The van der Waals surface area contributed by atoms with E-state index in [2.05, 4.69) is 0 Å². The van der Waals surface area contributed by atoms with Crippen LogP contribution in [0.1, 0.15) is 15.9 Å². The molecule has 0 unspecified atom stereocenters. The van der Waals surface area contributed by atoms with Crippen LogP contribution >= 0.6 is 0 Å². The number of ether oxygens (including phenoxy) is 2. The highest BCUT2D eigenvalue weighted by molar-refractivity contribution is 5.87. The lowest BCUT2D eigenvalue weighted by Gasteiger charge is -2.05. The van der Waals surface area contributed by atoms with Crippen LogP contribution < -0.4 is 9.47 Å². The maximum Gasteiger partial charge on any atom is 0.335 e. The summed E-state index contributed by atoms with van der Waals surface area (Å²) < 4.78 is 10.2. The molecule has 0 aliphatic rings. The van der Waals surface area contributed by atoms with Gasteiger partial charge in [-0.3, -0.25) is 4.79 Å². The quantitative estimate of drug-likeness (QED) is 0.675. The number of benzene rings is 2. The van der Waals surface area contributed by atoms with E-state index in [4.69, 9.17) is 14.6 Å². The summed E-state index contributed by atoms with van der Waals surface area (Å²) in [4.78, 5) is 22.5. The first kappa shape index (κ1) is 14.6. The first-order valence-corrected chi connectivity index (χ1v) is 6.25. The predicted octanol–water partition coefficient (Wildman–Crippen LogP) is 2.54. The Morgan fingerprint density at radius 3 is 2.05 bits per heavy atom. The van der Waals surface area contributed by atoms with E-state index >= 15 is 0 Å². The fourth-order valence-electron chi connectivity index (χ4n) is 1.74. The van der Waals surface area contributed by atoms with Crippen molar-refractivity contribution in [3.8, 4) is 11.5 Å². The number of rotatable bonds is 5. The number of esters is 1. The first-order valence-electron chi connectivity index (χ1n) is 6.25. The zero-order valence-electron chi connectivity index (χ0n) is 11.4. The maximum absolute atomic E-state index is 11.8. The minimum Gasteiger partial charge on any atom is -0.497 e. The highest BCUT2D eigenvalue weighted by Gasteiger charge is 2.08. The standard InChI is InChI=1S/C16H14O5/c1-20-13-6-2-11(3-7-13)10-15(17)21-14-8-4-12(5-9-14)16(18)19/h2-9H,10H2,1H3,(H,18,19). The van der Waals surface area contributed by atoms with Crippen molar-refractivity contribution in [3.63, 3.8) is 0 Å². The molecule has 0 aromatic heterocycles. The first-order chi connectivity index (χ1) is 10.1. The van der Waals surface area contributed by atoms with Gasteiger partial charge in [-0.05, 0) is 42.0 Å². The smallest absolute Gasteiger partial charge is 0.335 e. The third-order valence-electron chi connectivity index (χ3n) is 2.84. The SMILES string of the molecule is COc1ccc(CC(=O)Oc2ccc(C(=O)O)cc2)cc1. The molecule has 0 saturated carbocycles. The lowest BCUT2D eigenvalue weighted by atomic mass is 10.1. The Labute approximate surface area is 121 Å². The topological polar surface area (TPSA) is 72.8 Å². The molecule has 1 N–H and O–H groups in total. The van der Waals surface area contributed by atoms with Crippen LogP contribution in [-0.2, 0) is 11.2 Å². The average molecular weight is 286 g/mol. The van der Waals surface area contributed by atoms with Crippen LogP contribution in [0.15, 0.2) is 48.5 Å². The second-order valence-electron chi connectivity index (χ2n) is 4.33. The van der Waals surface area contributed by atoms with E-state index in [1.165, 1.54) is 24.3 Å². The van der Waals surface area contributed by atoms with Gasteiger partial charge in [0.15, 0.2) is 0 Å². The lowest BCUT2D eigenvalue weighted by molar-refractivity contribution is -0.133. The molecule has 0 bridgehead atoms. The van der Waals surface area contributed by atoms with E-state index in [1.807, 2.05) is 0 Å². The van der Waals surface area contributed by atoms with Gasteiger partial charge in [0.25, 0.3) is 0 Å². The van der Waals surface area contributed by atoms with E-state index in [1.54, 1.807) is 31.4 Å². The summed E-state index contributed by atoms with van der Waals surface area (Å²) >= 11 is 0. The zero-order valence-corrected chi connectivity index (χ0v) is 11.4. The summed E-state index contributed by atoms with van der Waals surface area (Å²) in [6, 6.07) is 12.8. The van der Waals surface area contributed by atoms with Crippen LogP contribution in [0.3, 0.4) is 0 Å². The molecule has 2 aromatic rings. The van der Waals surface area contributed by atoms with Crippen LogP contribution in [-0.4, -0.2) is 24.2 Å². The summed E-state index contributed by atoms with van der Waals surface area (Å²) in [5, 5.41) is 8.78. The Hall–Kier alpha value is -2.82. The second-order valence-corrected chi connectivity index (χ2v) is 4.33. The van der Waals surface area contributed by atoms with Crippen LogP contribution in [0.5, 0.6) is 11.5 Å². The highest BCUT2D eigenvalue weighted by Crippen LogP contribution is 2.15. The van der Waals surface area contributed by atoms with Crippen molar-refractivity contribution in [1.82, 2.24) is 0 Å². The van der Waals surface area contributed by atoms with Crippen molar-refractivity contribution in [2.75, 3.05) is 7.11 Å². The molecule has 0 aliphatic carbocycles. The molecular weight excluding hydrogens is 272 g/mol. The van der Waals surface area contributed by atoms with Crippen LogP contribution in [0.4, 0.5) is 0 Å². The summed E-state index contributed by atoms with van der Waals surface area (Å²) in [6.45, 7) is 0. The van der Waals surface area contributed by atoms with Gasteiger partial charge in [-0.25, -0.2) is 4.79 Å². The number of methoxy groups -OCH3 is 1. The number of hydrogen-bond acceptors (Lipinski definition) is 4. The van der Waals surface area contributed by atoms with Crippen molar-refractivity contribution in [3.05, 3.63) is 59.7 Å². The molecule has 0 fully saturated rings. The number of aromatic carboxylic acids is 1. The zero-order chi connectivity index (χ0) is 15.2. The fourth-order valence-corrected chi connectivity index (χ4v) is 1.74. The van der Waals surface area contributed by atoms with Gasteiger partial charge >= 0.3 is 11.9 Å². The molecule has 2 rings (SSSR count). The van der Waals surface area contributed by atoms with E-state index in [9.17, 15) is 9.59 Å². The largest absolute Gasteiger partial charge is 0.497 e. The van der Waals surface area contributed by atoms with E-state index in [0.717, 1.165) is 11.3 Å². The highest BCUT2D eigenvalue weighted by atomic mass is 16.5.